The highest BCUT2D eigenvalue weighted by atomic mass is 16.5. The highest BCUT2D eigenvalue weighted by Gasteiger charge is 2.13. The fourth-order valence-corrected chi connectivity index (χ4v) is 2.57. The van der Waals surface area contributed by atoms with Gasteiger partial charge in [-0.3, -0.25) is 4.68 Å². The number of aromatic nitrogens is 2. The number of nitrogen functional groups attached to an aromatic ring is 1. The van der Waals surface area contributed by atoms with Gasteiger partial charge >= 0.3 is 0 Å². The minimum Gasteiger partial charge on any atom is -0.492 e. The molecule has 0 radical (unpaired) electrons. The summed E-state index contributed by atoms with van der Waals surface area (Å²) in [6.07, 6.45) is 1.85. The molecule has 0 amide bonds. The predicted octanol–water partition coefficient (Wildman–Crippen LogP) is 4.00. The number of nitrogens with zero attached hydrogens (tertiary/aromatic N) is 2. The Hall–Kier alpha value is -2.49. The van der Waals surface area contributed by atoms with Gasteiger partial charge in [-0.2, -0.15) is 5.10 Å². The lowest BCUT2D eigenvalue weighted by Gasteiger charge is -2.19. The van der Waals surface area contributed by atoms with Crippen LogP contribution in [0.4, 0.5) is 5.69 Å². The molecule has 0 saturated heterocycles. The number of fused-ring (bicyclic) bond motifs is 1. The molecule has 0 spiro atoms. The van der Waals surface area contributed by atoms with E-state index in [1.165, 1.54) is 5.56 Å². The molecule has 120 valence electrons. The molecule has 0 atom stereocenters. The molecule has 0 saturated carbocycles. The zero-order valence-electron chi connectivity index (χ0n) is 13.9. The van der Waals surface area contributed by atoms with Crippen LogP contribution in [0.2, 0.25) is 0 Å². The van der Waals surface area contributed by atoms with Crippen LogP contribution in [-0.4, -0.2) is 16.4 Å². The zero-order chi connectivity index (χ0) is 16.4. The summed E-state index contributed by atoms with van der Waals surface area (Å²) < 4.78 is 7.76. The van der Waals surface area contributed by atoms with Gasteiger partial charge in [0.25, 0.3) is 0 Å². The molecule has 0 bridgehead atoms. The second-order valence-corrected chi connectivity index (χ2v) is 6.81. The van der Waals surface area contributed by atoms with Crippen LogP contribution in [0.1, 0.15) is 26.3 Å². The van der Waals surface area contributed by atoms with E-state index < -0.39 is 0 Å². The van der Waals surface area contributed by atoms with Gasteiger partial charge in [0.1, 0.15) is 12.4 Å². The first-order chi connectivity index (χ1) is 10.9. The Balaban J connectivity index is 1.63. The Morgan fingerprint density at radius 1 is 1.09 bits per heavy atom. The van der Waals surface area contributed by atoms with Gasteiger partial charge in [-0.25, -0.2) is 0 Å². The highest BCUT2D eigenvalue weighted by molar-refractivity contribution is 5.81. The summed E-state index contributed by atoms with van der Waals surface area (Å²) in [6, 6.07) is 14.1. The first-order valence-electron chi connectivity index (χ1n) is 7.88. The van der Waals surface area contributed by atoms with Crippen molar-refractivity contribution >= 4 is 16.6 Å². The maximum absolute atomic E-state index is 5.85. The number of hydrogen-bond acceptors (Lipinski definition) is 3. The molecular weight excluding hydrogens is 286 g/mol. The highest BCUT2D eigenvalue weighted by Crippen LogP contribution is 2.24. The molecular formula is C19H23N3O. The van der Waals surface area contributed by atoms with Crippen LogP contribution in [0.3, 0.4) is 0 Å². The summed E-state index contributed by atoms with van der Waals surface area (Å²) in [5.41, 5.74) is 9.10. The first-order valence-corrected chi connectivity index (χ1v) is 7.88. The molecule has 4 heteroatoms. The van der Waals surface area contributed by atoms with E-state index in [-0.39, 0.29) is 5.41 Å². The van der Waals surface area contributed by atoms with Crippen LogP contribution in [0.5, 0.6) is 5.75 Å². The number of anilines is 1. The van der Waals surface area contributed by atoms with Crippen molar-refractivity contribution in [2.45, 2.75) is 32.7 Å². The van der Waals surface area contributed by atoms with Crippen LogP contribution in [-0.2, 0) is 12.0 Å². The van der Waals surface area contributed by atoms with Gasteiger partial charge in [-0.15, -0.1) is 0 Å². The number of nitrogens with two attached hydrogens (primary N) is 1. The Bertz CT molecular complexity index is 798. The number of hydrogen-bond donors (Lipinski definition) is 1. The van der Waals surface area contributed by atoms with Crippen molar-refractivity contribution in [1.82, 2.24) is 9.78 Å². The van der Waals surface area contributed by atoms with Crippen molar-refractivity contribution < 1.29 is 4.74 Å². The maximum Gasteiger partial charge on any atom is 0.119 e. The van der Waals surface area contributed by atoms with E-state index in [1.54, 1.807) is 0 Å². The Morgan fingerprint density at radius 2 is 1.83 bits per heavy atom. The molecule has 2 aromatic carbocycles. The molecule has 2 N–H and O–H groups in total. The molecule has 0 aliphatic heterocycles. The summed E-state index contributed by atoms with van der Waals surface area (Å²) in [6.45, 7) is 7.88. The zero-order valence-corrected chi connectivity index (χ0v) is 13.9. The Labute approximate surface area is 136 Å². The molecule has 0 aliphatic carbocycles. The molecule has 0 fully saturated rings. The van der Waals surface area contributed by atoms with E-state index in [2.05, 4.69) is 38.0 Å². The molecule has 3 rings (SSSR count). The second-order valence-electron chi connectivity index (χ2n) is 6.81. The van der Waals surface area contributed by atoms with Crippen molar-refractivity contribution in [3.8, 4) is 5.75 Å². The summed E-state index contributed by atoms with van der Waals surface area (Å²) in [5, 5.41) is 5.49. The van der Waals surface area contributed by atoms with E-state index in [1.807, 2.05) is 41.2 Å². The molecule has 0 aliphatic rings. The smallest absolute Gasteiger partial charge is 0.119 e. The van der Waals surface area contributed by atoms with E-state index in [0.717, 1.165) is 22.3 Å². The van der Waals surface area contributed by atoms with Crippen LogP contribution in [0.15, 0.2) is 48.7 Å². The van der Waals surface area contributed by atoms with Gasteiger partial charge in [0.15, 0.2) is 0 Å². The largest absolute Gasteiger partial charge is 0.492 e. The van der Waals surface area contributed by atoms with Crippen LogP contribution in [0, 0.1) is 0 Å². The second kappa shape index (κ2) is 5.95. The van der Waals surface area contributed by atoms with Crippen LogP contribution < -0.4 is 10.5 Å². The molecule has 1 aromatic heterocycles. The lowest BCUT2D eigenvalue weighted by atomic mass is 9.87. The molecule has 0 unspecified atom stereocenters. The van der Waals surface area contributed by atoms with Crippen molar-refractivity contribution in [3.63, 3.8) is 0 Å². The predicted molar refractivity (Wildman–Crippen MR) is 94.8 cm³/mol. The molecule has 4 nitrogen and oxygen atoms in total. The number of ether oxygens (including phenoxy) is 1. The monoisotopic (exact) mass is 309 g/mol. The van der Waals surface area contributed by atoms with Crippen molar-refractivity contribution in [3.05, 3.63) is 54.2 Å². The fraction of sp³-hybridized carbons (Fsp3) is 0.316. The summed E-state index contributed by atoms with van der Waals surface area (Å²) in [7, 11) is 0. The quantitative estimate of drug-likeness (QED) is 0.741. The first kappa shape index (κ1) is 15.4. The maximum atomic E-state index is 5.85. The van der Waals surface area contributed by atoms with Gasteiger partial charge in [0, 0.05) is 11.1 Å². The fourth-order valence-electron chi connectivity index (χ4n) is 2.57. The van der Waals surface area contributed by atoms with Crippen LogP contribution in [0.25, 0.3) is 10.9 Å². The Kier molecular flexibility index (Phi) is 3.99. The normalized spacial score (nSPS) is 11.8. The average Bonchev–Trinajstić information content (AvgIpc) is 2.89. The van der Waals surface area contributed by atoms with Crippen molar-refractivity contribution in [1.29, 1.82) is 0 Å². The lowest BCUT2D eigenvalue weighted by molar-refractivity contribution is 0.293. The minimum atomic E-state index is 0.159. The Morgan fingerprint density at radius 3 is 2.52 bits per heavy atom. The van der Waals surface area contributed by atoms with Crippen molar-refractivity contribution in [2.75, 3.05) is 12.3 Å². The SMILES string of the molecule is CC(C)(C)c1ccc(OCCn2ncc3ccc(N)cc32)cc1. The van der Waals surface area contributed by atoms with E-state index in [0.29, 0.717) is 13.2 Å². The van der Waals surface area contributed by atoms with Crippen molar-refractivity contribution in [2.24, 2.45) is 0 Å². The standard InChI is InChI=1S/C19H23N3O/c1-19(2,3)15-5-8-17(9-6-15)23-11-10-22-18-12-16(20)7-4-14(18)13-21-22/h4-9,12-13H,10-11,20H2,1-3H3. The average molecular weight is 309 g/mol. The summed E-state index contributed by atoms with van der Waals surface area (Å²) in [5.74, 6) is 0.883. The van der Waals surface area contributed by atoms with Gasteiger partial charge in [-0.1, -0.05) is 32.9 Å². The van der Waals surface area contributed by atoms with Gasteiger partial charge < -0.3 is 10.5 Å². The molecule has 1 heterocycles. The van der Waals surface area contributed by atoms with Gasteiger partial charge in [-0.05, 0) is 41.3 Å². The number of rotatable bonds is 4. The molecule has 23 heavy (non-hydrogen) atoms. The van der Waals surface area contributed by atoms with Gasteiger partial charge in [0.05, 0.1) is 18.3 Å². The lowest BCUT2D eigenvalue weighted by Crippen LogP contribution is -2.11. The summed E-state index contributed by atoms with van der Waals surface area (Å²) >= 11 is 0. The van der Waals surface area contributed by atoms with E-state index in [9.17, 15) is 0 Å². The number of benzene rings is 2. The van der Waals surface area contributed by atoms with Crippen LogP contribution >= 0.6 is 0 Å². The topological polar surface area (TPSA) is 53.1 Å². The van der Waals surface area contributed by atoms with E-state index in [4.69, 9.17) is 10.5 Å². The van der Waals surface area contributed by atoms with E-state index >= 15 is 0 Å². The summed E-state index contributed by atoms with van der Waals surface area (Å²) in [4.78, 5) is 0. The third-order valence-electron chi connectivity index (χ3n) is 3.96. The molecule has 3 aromatic rings. The third-order valence-corrected chi connectivity index (χ3v) is 3.96. The van der Waals surface area contributed by atoms with Gasteiger partial charge in [0.2, 0.25) is 0 Å². The third kappa shape index (κ3) is 3.47. The minimum absolute atomic E-state index is 0.159.